The molecule has 10 heteroatoms. The number of aromatic nitrogens is 4. The number of aromatic amines is 1. The number of benzene rings is 3. The Morgan fingerprint density at radius 1 is 0.974 bits per heavy atom. The molecule has 1 saturated heterocycles. The Morgan fingerprint density at radius 2 is 1.72 bits per heavy atom. The summed E-state index contributed by atoms with van der Waals surface area (Å²) in [7, 11) is 0. The minimum absolute atomic E-state index is 0.0964. The molecule has 0 aliphatic carbocycles. The minimum atomic E-state index is -0.355. The predicted molar refractivity (Wildman–Crippen MR) is 153 cm³/mol. The fourth-order valence-electron chi connectivity index (χ4n) is 4.49. The van der Waals surface area contributed by atoms with Crippen LogP contribution in [-0.2, 0) is 11.3 Å². The van der Waals surface area contributed by atoms with Crippen molar-refractivity contribution in [3.05, 3.63) is 101 Å². The molecular weight excluding hydrogens is 514 g/mol. The van der Waals surface area contributed by atoms with Crippen LogP contribution >= 0.6 is 11.6 Å². The number of H-pyrrole nitrogens is 1. The van der Waals surface area contributed by atoms with Crippen LogP contribution < -0.4 is 15.1 Å². The second-order valence-electron chi connectivity index (χ2n) is 9.23. The first-order valence-corrected chi connectivity index (χ1v) is 13.2. The predicted octanol–water partition coefficient (Wildman–Crippen LogP) is 5.34. The smallest absolute Gasteiger partial charge is 0.270 e. The van der Waals surface area contributed by atoms with Crippen LogP contribution in [0.15, 0.2) is 78.9 Å². The molecule has 0 spiro atoms. The van der Waals surface area contributed by atoms with Crippen molar-refractivity contribution >= 4 is 46.8 Å². The number of carbonyl (C=O) groups is 2. The first kappa shape index (κ1) is 26.1. The van der Waals surface area contributed by atoms with Gasteiger partial charge in [-0.25, -0.2) is 0 Å². The van der Waals surface area contributed by atoms with E-state index in [4.69, 9.17) is 11.6 Å². The van der Waals surface area contributed by atoms with Crippen molar-refractivity contribution in [1.29, 1.82) is 0 Å². The summed E-state index contributed by atoms with van der Waals surface area (Å²) in [6.07, 6.45) is 6.93. The molecule has 3 aromatic carbocycles. The van der Waals surface area contributed by atoms with Crippen molar-refractivity contribution in [2.24, 2.45) is 0 Å². The Balaban J connectivity index is 1.36. The SMILES string of the molecule is O=C(Nc1nn[nH]n1)c1ccc(CN(C(=O)/C=C/c2ccccc2Cl)c2ccc(N3CCCCC3)cc2)cc1. The number of nitrogens with zero attached hydrogens (tertiary/aromatic N) is 5. The molecule has 4 aromatic rings. The molecule has 0 saturated carbocycles. The molecule has 0 unspecified atom stereocenters. The maximum atomic E-state index is 13.5. The summed E-state index contributed by atoms with van der Waals surface area (Å²) in [5.74, 6) is -0.439. The molecule has 2 heterocycles. The van der Waals surface area contributed by atoms with Gasteiger partial charge in [0.2, 0.25) is 0 Å². The van der Waals surface area contributed by atoms with Gasteiger partial charge in [-0.1, -0.05) is 47.0 Å². The molecule has 0 atom stereocenters. The lowest BCUT2D eigenvalue weighted by Crippen LogP contribution is -2.30. The highest BCUT2D eigenvalue weighted by Gasteiger charge is 2.17. The summed E-state index contributed by atoms with van der Waals surface area (Å²) in [6, 6.07) is 22.5. The van der Waals surface area contributed by atoms with Crippen LogP contribution in [0.4, 0.5) is 17.3 Å². The molecule has 1 aliphatic heterocycles. The number of hydrogen-bond acceptors (Lipinski definition) is 6. The monoisotopic (exact) mass is 541 g/mol. The summed E-state index contributed by atoms with van der Waals surface area (Å²) in [5.41, 5.74) is 4.01. The number of piperidine rings is 1. The highest BCUT2D eigenvalue weighted by atomic mass is 35.5. The Kier molecular flexibility index (Phi) is 8.28. The average molecular weight is 542 g/mol. The number of carbonyl (C=O) groups excluding carboxylic acids is 2. The van der Waals surface area contributed by atoms with Gasteiger partial charge in [0, 0.05) is 41.1 Å². The second kappa shape index (κ2) is 12.4. The van der Waals surface area contributed by atoms with Crippen LogP contribution in [-0.4, -0.2) is 45.5 Å². The van der Waals surface area contributed by atoms with Crippen molar-refractivity contribution in [1.82, 2.24) is 20.6 Å². The summed E-state index contributed by atoms with van der Waals surface area (Å²) < 4.78 is 0. The van der Waals surface area contributed by atoms with E-state index in [2.05, 4.69) is 43.0 Å². The highest BCUT2D eigenvalue weighted by molar-refractivity contribution is 6.32. The van der Waals surface area contributed by atoms with Gasteiger partial charge in [0.15, 0.2) is 0 Å². The molecule has 0 radical (unpaired) electrons. The van der Waals surface area contributed by atoms with Crippen molar-refractivity contribution in [2.45, 2.75) is 25.8 Å². The van der Waals surface area contributed by atoms with E-state index in [1.807, 2.05) is 42.5 Å². The van der Waals surface area contributed by atoms with E-state index < -0.39 is 0 Å². The van der Waals surface area contributed by atoms with Gasteiger partial charge in [-0.05, 0) is 84.1 Å². The minimum Gasteiger partial charge on any atom is -0.372 e. The van der Waals surface area contributed by atoms with Gasteiger partial charge in [-0.3, -0.25) is 14.9 Å². The van der Waals surface area contributed by atoms with Crippen LogP contribution in [0, 0.1) is 0 Å². The third kappa shape index (κ3) is 6.69. The Morgan fingerprint density at radius 3 is 2.41 bits per heavy atom. The van der Waals surface area contributed by atoms with Crippen molar-refractivity contribution < 1.29 is 9.59 Å². The third-order valence-electron chi connectivity index (χ3n) is 6.59. The van der Waals surface area contributed by atoms with E-state index in [0.29, 0.717) is 17.1 Å². The molecule has 5 rings (SSSR count). The van der Waals surface area contributed by atoms with Crippen LogP contribution in [0.2, 0.25) is 5.02 Å². The Bertz CT molecular complexity index is 1430. The number of tetrazole rings is 1. The standard InChI is InChI=1S/C29H28ClN7O2/c30-26-7-3-2-6-22(26)12-17-27(38)37(25-15-13-24(14-16-25)36-18-4-1-5-19-36)20-21-8-10-23(11-9-21)28(39)31-29-32-34-35-33-29/h2-3,6-17H,1,4-5,18-20H2,(H2,31,32,33,34,35,39)/b17-12+. The van der Waals surface area contributed by atoms with Gasteiger partial charge < -0.3 is 9.80 Å². The summed E-state index contributed by atoms with van der Waals surface area (Å²) >= 11 is 6.28. The largest absolute Gasteiger partial charge is 0.372 e. The van der Waals surface area contributed by atoms with Gasteiger partial charge in [0.25, 0.3) is 17.8 Å². The average Bonchev–Trinajstić information content (AvgIpc) is 3.49. The Labute approximate surface area is 231 Å². The molecule has 1 fully saturated rings. The maximum absolute atomic E-state index is 13.5. The number of halogens is 1. The van der Waals surface area contributed by atoms with Gasteiger partial charge in [-0.15, -0.1) is 5.10 Å². The quantitative estimate of drug-likeness (QED) is 0.291. The maximum Gasteiger partial charge on any atom is 0.270 e. The third-order valence-corrected chi connectivity index (χ3v) is 6.93. The van der Waals surface area contributed by atoms with E-state index in [-0.39, 0.29) is 17.8 Å². The number of amides is 2. The molecule has 9 nitrogen and oxygen atoms in total. The molecule has 1 aliphatic rings. The summed E-state index contributed by atoms with van der Waals surface area (Å²) in [5, 5.41) is 16.3. The van der Waals surface area contributed by atoms with E-state index in [1.165, 1.54) is 25.3 Å². The van der Waals surface area contributed by atoms with Crippen molar-refractivity contribution in [3.8, 4) is 0 Å². The van der Waals surface area contributed by atoms with Crippen LogP contribution in [0.3, 0.4) is 0 Å². The van der Waals surface area contributed by atoms with Gasteiger partial charge >= 0.3 is 0 Å². The lowest BCUT2D eigenvalue weighted by Gasteiger charge is -2.29. The number of nitrogens with one attached hydrogen (secondary N) is 2. The molecule has 2 amide bonds. The Hall–Kier alpha value is -4.50. The molecule has 198 valence electrons. The van der Waals surface area contributed by atoms with Crippen LogP contribution in [0.1, 0.15) is 40.7 Å². The topological polar surface area (TPSA) is 107 Å². The zero-order valence-electron chi connectivity index (χ0n) is 21.3. The lowest BCUT2D eigenvalue weighted by molar-refractivity contribution is -0.114. The number of anilines is 3. The number of hydrogen-bond donors (Lipinski definition) is 2. The van der Waals surface area contributed by atoms with E-state index in [9.17, 15) is 9.59 Å². The van der Waals surface area contributed by atoms with Crippen molar-refractivity contribution in [2.75, 3.05) is 28.2 Å². The summed E-state index contributed by atoms with van der Waals surface area (Å²) in [6.45, 7) is 2.42. The van der Waals surface area contributed by atoms with E-state index in [1.54, 1.807) is 29.2 Å². The zero-order chi connectivity index (χ0) is 27.0. The normalized spacial score (nSPS) is 13.4. The first-order valence-electron chi connectivity index (χ1n) is 12.8. The van der Waals surface area contributed by atoms with E-state index in [0.717, 1.165) is 35.6 Å². The fourth-order valence-corrected chi connectivity index (χ4v) is 4.68. The van der Waals surface area contributed by atoms with Crippen molar-refractivity contribution in [3.63, 3.8) is 0 Å². The fraction of sp³-hybridized carbons (Fsp3) is 0.207. The molecule has 1 aromatic heterocycles. The van der Waals surface area contributed by atoms with Gasteiger partial charge in [-0.2, -0.15) is 5.21 Å². The second-order valence-corrected chi connectivity index (χ2v) is 9.64. The molecule has 0 bridgehead atoms. The number of rotatable bonds is 8. The highest BCUT2D eigenvalue weighted by Crippen LogP contribution is 2.26. The van der Waals surface area contributed by atoms with E-state index >= 15 is 0 Å². The molecular formula is C29H28ClN7O2. The van der Waals surface area contributed by atoms with Gasteiger partial charge in [0.1, 0.15) is 0 Å². The van der Waals surface area contributed by atoms with Crippen LogP contribution in [0.25, 0.3) is 6.08 Å². The summed E-state index contributed by atoms with van der Waals surface area (Å²) in [4.78, 5) is 30.0. The lowest BCUT2D eigenvalue weighted by atomic mass is 10.1. The van der Waals surface area contributed by atoms with Crippen LogP contribution in [0.5, 0.6) is 0 Å². The molecule has 39 heavy (non-hydrogen) atoms. The zero-order valence-corrected chi connectivity index (χ0v) is 22.0. The molecule has 2 N–H and O–H groups in total. The first-order chi connectivity index (χ1) is 19.1. The van der Waals surface area contributed by atoms with Gasteiger partial charge in [0.05, 0.1) is 6.54 Å².